The van der Waals surface area contributed by atoms with Gasteiger partial charge in [-0.3, -0.25) is 9.79 Å². The van der Waals surface area contributed by atoms with Crippen LogP contribution in [0.25, 0.3) is 10.9 Å². The maximum Gasteiger partial charge on any atom is 0.239 e. The summed E-state index contributed by atoms with van der Waals surface area (Å²) in [4.78, 5) is 19.1. The average Bonchev–Trinajstić information content (AvgIpc) is 3.03. The summed E-state index contributed by atoms with van der Waals surface area (Å²) in [5.41, 5.74) is 3.69. The molecule has 1 aromatic carbocycles. The number of nitrogens with one attached hydrogen (secondary N) is 4. The molecule has 0 radical (unpaired) electrons. The monoisotopic (exact) mass is 345 g/mol. The predicted octanol–water partition coefficient (Wildman–Crippen LogP) is 0.946. The normalized spacial score (nSPS) is 11.6. The van der Waals surface area contributed by atoms with Crippen LogP contribution in [-0.4, -0.2) is 57.2 Å². The molecule has 4 N–H and O–H groups in total. The van der Waals surface area contributed by atoms with Gasteiger partial charge in [-0.15, -0.1) is 0 Å². The van der Waals surface area contributed by atoms with Gasteiger partial charge in [0.15, 0.2) is 5.96 Å². The summed E-state index contributed by atoms with van der Waals surface area (Å²) in [7, 11) is 3.29. The number of rotatable bonds is 8. The largest absolute Gasteiger partial charge is 0.383 e. The molecule has 2 rings (SSSR count). The number of methoxy groups -OCH3 is 1. The lowest BCUT2D eigenvalue weighted by Gasteiger charge is -2.11. The summed E-state index contributed by atoms with van der Waals surface area (Å²) in [6.45, 7) is 4.01. The smallest absolute Gasteiger partial charge is 0.239 e. The van der Waals surface area contributed by atoms with Gasteiger partial charge in [-0.05, 0) is 24.5 Å². The summed E-state index contributed by atoms with van der Waals surface area (Å²) in [6, 6.07) is 6.31. The Morgan fingerprint density at radius 1 is 1.24 bits per heavy atom. The molecule has 0 aliphatic rings. The van der Waals surface area contributed by atoms with Crippen molar-refractivity contribution in [2.75, 3.05) is 40.4 Å². The number of aromatic nitrogens is 1. The minimum absolute atomic E-state index is 0.0906. The van der Waals surface area contributed by atoms with Gasteiger partial charge in [0.1, 0.15) is 0 Å². The molecule has 0 bridgehead atoms. The fourth-order valence-electron chi connectivity index (χ4n) is 2.63. The van der Waals surface area contributed by atoms with Crippen molar-refractivity contribution in [3.05, 3.63) is 35.5 Å². The van der Waals surface area contributed by atoms with Crippen LogP contribution < -0.4 is 16.0 Å². The molecule has 1 aromatic heterocycles. The van der Waals surface area contributed by atoms with Gasteiger partial charge >= 0.3 is 0 Å². The Kier molecular flexibility index (Phi) is 7.28. The lowest BCUT2D eigenvalue weighted by molar-refractivity contribution is -0.120. The minimum Gasteiger partial charge on any atom is -0.383 e. The van der Waals surface area contributed by atoms with E-state index in [0.29, 0.717) is 19.1 Å². The highest BCUT2D eigenvalue weighted by Gasteiger charge is 2.06. The Labute approximate surface area is 148 Å². The molecule has 136 valence electrons. The Balaban J connectivity index is 1.77. The summed E-state index contributed by atoms with van der Waals surface area (Å²) in [5, 5.41) is 10.2. The van der Waals surface area contributed by atoms with E-state index in [0.717, 1.165) is 13.0 Å². The van der Waals surface area contributed by atoms with Crippen LogP contribution in [0.4, 0.5) is 0 Å². The molecule has 0 spiro atoms. The van der Waals surface area contributed by atoms with Gasteiger partial charge in [-0.2, -0.15) is 0 Å². The number of fused-ring (bicyclic) bond motifs is 1. The molecule has 0 aliphatic carbocycles. The highest BCUT2D eigenvalue weighted by molar-refractivity contribution is 5.87. The van der Waals surface area contributed by atoms with E-state index in [-0.39, 0.29) is 12.5 Å². The number of amides is 1. The second-order valence-electron chi connectivity index (χ2n) is 5.76. The molecule has 1 amide bonds. The molecule has 0 atom stereocenters. The molecular weight excluding hydrogens is 318 g/mol. The van der Waals surface area contributed by atoms with E-state index in [1.54, 1.807) is 14.2 Å². The number of H-pyrrole nitrogens is 1. The predicted molar refractivity (Wildman–Crippen MR) is 101 cm³/mol. The van der Waals surface area contributed by atoms with E-state index in [9.17, 15) is 4.79 Å². The van der Waals surface area contributed by atoms with Gasteiger partial charge in [0.25, 0.3) is 0 Å². The van der Waals surface area contributed by atoms with Crippen LogP contribution in [0.5, 0.6) is 0 Å². The van der Waals surface area contributed by atoms with E-state index in [2.05, 4.69) is 57.2 Å². The lowest BCUT2D eigenvalue weighted by atomic mass is 10.1. The number of aryl methyl sites for hydroxylation is 1. The SMILES string of the molecule is CN=C(NCCc1c[nH]c2c(C)cccc12)NCC(=O)NCCOC. The van der Waals surface area contributed by atoms with Crippen LogP contribution in [0.2, 0.25) is 0 Å². The molecule has 0 saturated heterocycles. The average molecular weight is 345 g/mol. The van der Waals surface area contributed by atoms with Crippen LogP contribution in [0.15, 0.2) is 29.4 Å². The van der Waals surface area contributed by atoms with Gasteiger partial charge in [0.05, 0.1) is 13.2 Å². The third kappa shape index (κ3) is 5.49. The zero-order chi connectivity index (χ0) is 18.1. The number of hydrogen-bond acceptors (Lipinski definition) is 3. The first kappa shape index (κ1) is 18.8. The number of benzene rings is 1. The first-order chi connectivity index (χ1) is 12.2. The first-order valence-corrected chi connectivity index (χ1v) is 8.41. The van der Waals surface area contributed by atoms with Crippen LogP contribution in [0.3, 0.4) is 0 Å². The molecule has 0 unspecified atom stereocenters. The van der Waals surface area contributed by atoms with Crippen LogP contribution in [-0.2, 0) is 16.0 Å². The van der Waals surface area contributed by atoms with Crippen molar-refractivity contribution in [2.45, 2.75) is 13.3 Å². The van der Waals surface area contributed by atoms with Crippen molar-refractivity contribution >= 4 is 22.8 Å². The number of aliphatic imine (C=N–C) groups is 1. The van der Waals surface area contributed by atoms with Crippen LogP contribution >= 0.6 is 0 Å². The highest BCUT2D eigenvalue weighted by atomic mass is 16.5. The molecule has 1 heterocycles. The van der Waals surface area contributed by atoms with Gasteiger partial charge in [-0.25, -0.2) is 0 Å². The van der Waals surface area contributed by atoms with Crippen LogP contribution in [0.1, 0.15) is 11.1 Å². The Morgan fingerprint density at radius 2 is 2.08 bits per heavy atom. The fourth-order valence-corrected chi connectivity index (χ4v) is 2.63. The zero-order valence-electron chi connectivity index (χ0n) is 15.1. The van der Waals surface area contributed by atoms with E-state index in [1.165, 1.54) is 22.0 Å². The first-order valence-electron chi connectivity index (χ1n) is 8.41. The van der Waals surface area contributed by atoms with E-state index >= 15 is 0 Å². The Hall–Kier alpha value is -2.54. The number of para-hydroxylation sites is 1. The third-order valence-corrected chi connectivity index (χ3v) is 3.96. The van der Waals surface area contributed by atoms with Crippen molar-refractivity contribution in [1.29, 1.82) is 0 Å². The maximum atomic E-state index is 11.7. The summed E-state index contributed by atoms with van der Waals surface area (Å²) < 4.78 is 4.89. The fraction of sp³-hybridized carbons (Fsp3) is 0.444. The second kappa shape index (κ2) is 9.68. The molecule has 2 aromatic rings. The Bertz CT molecular complexity index is 723. The van der Waals surface area contributed by atoms with Crippen molar-refractivity contribution in [2.24, 2.45) is 4.99 Å². The number of guanidine groups is 1. The minimum atomic E-state index is -0.0906. The number of hydrogen-bond donors (Lipinski definition) is 4. The van der Waals surface area contributed by atoms with Crippen molar-refractivity contribution in [3.8, 4) is 0 Å². The van der Waals surface area contributed by atoms with Crippen LogP contribution in [0, 0.1) is 6.92 Å². The number of ether oxygens (including phenoxy) is 1. The summed E-state index contributed by atoms with van der Waals surface area (Å²) >= 11 is 0. The molecular formula is C18H27N5O2. The van der Waals surface area contributed by atoms with Crippen molar-refractivity contribution in [1.82, 2.24) is 20.9 Å². The molecule has 7 heteroatoms. The summed E-state index contributed by atoms with van der Waals surface area (Å²) in [5.74, 6) is 0.519. The lowest BCUT2D eigenvalue weighted by Crippen LogP contribution is -2.44. The molecule has 25 heavy (non-hydrogen) atoms. The zero-order valence-corrected chi connectivity index (χ0v) is 15.1. The number of carbonyl (C=O) groups is 1. The van der Waals surface area contributed by atoms with Crippen molar-refractivity contribution in [3.63, 3.8) is 0 Å². The molecule has 0 aliphatic heterocycles. The number of aromatic amines is 1. The molecule has 7 nitrogen and oxygen atoms in total. The Morgan fingerprint density at radius 3 is 2.84 bits per heavy atom. The van der Waals surface area contributed by atoms with Gasteiger partial charge in [0.2, 0.25) is 5.91 Å². The van der Waals surface area contributed by atoms with E-state index < -0.39 is 0 Å². The topological polar surface area (TPSA) is 90.5 Å². The number of carbonyl (C=O) groups excluding carboxylic acids is 1. The second-order valence-corrected chi connectivity index (χ2v) is 5.76. The summed E-state index contributed by atoms with van der Waals surface area (Å²) in [6.07, 6.45) is 2.92. The van der Waals surface area contributed by atoms with Gasteiger partial charge in [0, 0.05) is 44.3 Å². The van der Waals surface area contributed by atoms with Crippen molar-refractivity contribution < 1.29 is 9.53 Å². The molecule has 0 fully saturated rings. The number of nitrogens with zero attached hydrogens (tertiary/aromatic N) is 1. The molecule has 0 saturated carbocycles. The van der Waals surface area contributed by atoms with E-state index in [4.69, 9.17) is 4.74 Å². The van der Waals surface area contributed by atoms with E-state index in [1.807, 2.05) is 0 Å². The quantitative estimate of drug-likeness (QED) is 0.326. The highest BCUT2D eigenvalue weighted by Crippen LogP contribution is 2.21. The maximum absolute atomic E-state index is 11.7. The van der Waals surface area contributed by atoms with Gasteiger partial charge in [-0.1, -0.05) is 18.2 Å². The van der Waals surface area contributed by atoms with Gasteiger partial charge < -0.3 is 25.7 Å². The standard InChI is InChI=1S/C18H27N5O2/c1-13-5-4-6-15-14(11-22-17(13)15)7-8-21-18(19-2)23-12-16(24)20-9-10-25-3/h4-6,11,22H,7-10,12H2,1-3H3,(H,20,24)(H2,19,21,23). The third-order valence-electron chi connectivity index (χ3n) is 3.96.